The van der Waals surface area contributed by atoms with Gasteiger partial charge in [-0.3, -0.25) is 10.1 Å². The topological polar surface area (TPSA) is 95.2 Å². The first-order chi connectivity index (χ1) is 14.6. The zero-order valence-corrected chi connectivity index (χ0v) is 17.3. The molecule has 2 aromatic heterocycles. The smallest absolute Gasteiger partial charge is 0.319 e. The van der Waals surface area contributed by atoms with E-state index in [4.69, 9.17) is 16.3 Å². The first-order valence-electron chi connectivity index (χ1n) is 9.70. The number of halogens is 1. The molecule has 1 aliphatic heterocycles. The summed E-state index contributed by atoms with van der Waals surface area (Å²) in [6.07, 6.45) is 4.21. The highest BCUT2D eigenvalue weighted by atomic mass is 35.5. The van der Waals surface area contributed by atoms with Gasteiger partial charge in [0.05, 0.1) is 19.5 Å². The van der Waals surface area contributed by atoms with E-state index in [0.717, 1.165) is 24.5 Å². The molecule has 4 rings (SSSR count). The summed E-state index contributed by atoms with van der Waals surface area (Å²) in [6, 6.07) is 12.5. The number of hydrogen-bond donors (Lipinski definition) is 3. The number of piperidine rings is 1. The number of methoxy groups -OCH3 is 1. The van der Waals surface area contributed by atoms with Gasteiger partial charge in [-0.1, -0.05) is 11.6 Å². The van der Waals surface area contributed by atoms with Gasteiger partial charge in [-0.25, -0.2) is 4.79 Å². The van der Waals surface area contributed by atoms with Crippen LogP contribution in [-0.2, 0) is 0 Å². The van der Waals surface area contributed by atoms with E-state index in [1.54, 1.807) is 43.8 Å². The van der Waals surface area contributed by atoms with Crippen molar-refractivity contribution < 1.29 is 9.53 Å². The summed E-state index contributed by atoms with van der Waals surface area (Å²) < 4.78 is 5.23. The van der Waals surface area contributed by atoms with E-state index >= 15 is 0 Å². The monoisotopic (exact) mass is 426 g/mol. The van der Waals surface area contributed by atoms with Gasteiger partial charge in [-0.15, -0.1) is 0 Å². The second-order valence-electron chi connectivity index (χ2n) is 7.12. The molecule has 2 atom stereocenters. The van der Waals surface area contributed by atoms with E-state index in [0.29, 0.717) is 23.0 Å². The maximum atomic E-state index is 12.6. The van der Waals surface area contributed by atoms with E-state index < -0.39 is 0 Å². The summed E-state index contributed by atoms with van der Waals surface area (Å²) in [5.74, 6) is 1.66. The van der Waals surface area contributed by atoms with Crippen molar-refractivity contribution >= 4 is 29.1 Å². The average molecular weight is 427 g/mol. The van der Waals surface area contributed by atoms with Crippen LogP contribution in [0, 0.1) is 0 Å². The normalized spacial score (nSPS) is 18.7. The van der Waals surface area contributed by atoms with Crippen molar-refractivity contribution in [3.63, 3.8) is 0 Å². The Morgan fingerprint density at radius 1 is 1.23 bits per heavy atom. The van der Waals surface area contributed by atoms with Crippen molar-refractivity contribution in [2.24, 2.45) is 0 Å². The number of pyridine rings is 1. The highest BCUT2D eigenvalue weighted by molar-refractivity contribution is 6.30. The molecule has 0 aliphatic carbocycles. The van der Waals surface area contributed by atoms with Crippen LogP contribution in [0.4, 0.5) is 16.3 Å². The first-order valence-corrected chi connectivity index (χ1v) is 10.1. The SMILES string of the molecule is COc1ccc([C@@H]2CN(c3ccn[nH]3)CC[C@H]2NC(=O)Nc2ccc(Cl)cc2)nc1. The summed E-state index contributed by atoms with van der Waals surface area (Å²) in [4.78, 5) is 19.4. The van der Waals surface area contributed by atoms with Crippen LogP contribution in [0.1, 0.15) is 18.0 Å². The quantitative estimate of drug-likeness (QED) is 0.578. The number of H-pyrrole nitrogens is 1. The minimum atomic E-state index is -0.254. The fraction of sp³-hybridized carbons (Fsp3) is 0.286. The third-order valence-electron chi connectivity index (χ3n) is 5.23. The minimum absolute atomic E-state index is 0.00363. The Morgan fingerprint density at radius 2 is 2.07 bits per heavy atom. The zero-order chi connectivity index (χ0) is 20.9. The molecule has 1 aliphatic rings. The summed E-state index contributed by atoms with van der Waals surface area (Å²) >= 11 is 5.91. The molecular formula is C21H23ClN6O2. The summed E-state index contributed by atoms with van der Waals surface area (Å²) in [5, 5.41) is 13.7. The number of carbonyl (C=O) groups excluding carboxylic acids is 1. The maximum absolute atomic E-state index is 12.6. The van der Waals surface area contributed by atoms with Crippen molar-refractivity contribution in [1.82, 2.24) is 20.5 Å². The fourth-order valence-electron chi connectivity index (χ4n) is 3.67. The lowest BCUT2D eigenvalue weighted by molar-refractivity contribution is 0.243. The van der Waals surface area contributed by atoms with Gasteiger partial charge in [-0.2, -0.15) is 5.10 Å². The molecule has 1 aromatic carbocycles. The van der Waals surface area contributed by atoms with Crippen LogP contribution in [0.25, 0.3) is 0 Å². The number of rotatable bonds is 5. The first kappa shape index (κ1) is 20.0. The molecule has 0 spiro atoms. The van der Waals surface area contributed by atoms with E-state index in [1.165, 1.54) is 0 Å². The Morgan fingerprint density at radius 3 is 2.73 bits per heavy atom. The number of anilines is 2. The molecule has 3 aromatic rings. The third kappa shape index (κ3) is 4.65. The molecule has 1 fully saturated rings. The van der Waals surface area contributed by atoms with E-state index in [9.17, 15) is 4.79 Å². The lowest BCUT2D eigenvalue weighted by Crippen LogP contribution is -2.51. The van der Waals surface area contributed by atoms with Gasteiger partial charge >= 0.3 is 6.03 Å². The number of aromatic amines is 1. The summed E-state index contributed by atoms with van der Waals surface area (Å²) in [6.45, 7) is 1.49. The van der Waals surface area contributed by atoms with E-state index in [1.807, 2.05) is 18.2 Å². The molecule has 2 amide bonds. The number of hydrogen-bond acceptors (Lipinski definition) is 5. The summed E-state index contributed by atoms with van der Waals surface area (Å²) in [7, 11) is 1.61. The third-order valence-corrected chi connectivity index (χ3v) is 5.48. The van der Waals surface area contributed by atoms with Crippen molar-refractivity contribution in [3.8, 4) is 5.75 Å². The number of nitrogens with one attached hydrogen (secondary N) is 3. The standard InChI is InChI=1S/C21H23ClN6O2/c1-30-16-6-7-18(23-12-16)17-13-28(20-8-10-24-27-20)11-9-19(17)26-21(29)25-15-4-2-14(22)3-5-15/h2-8,10,12,17,19H,9,11,13H2,1H3,(H,24,27)(H2,25,26,29)/t17-,19+/m0/s1. The molecule has 3 heterocycles. The molecule has 0 radical (unpaired) electrons. The fourth-order valence-corrected chi connectivity index (χ4v) is 3.79. The maximum Gasteiger partial charge on any atom is 0.319 e. The molecular weight excluding hydrogens is 404 g/mol. The van der Waals surface area contributed by atoms with Gasteiger partial charge < -0.3 is 20.3 Å². The van der Waals surface area contributed by atoms with Gasteiger partial charge in [0.1, 0.15) is 11.6 Å². The number of amides is 2. The van der Waals surface area contributed by atoms with Crippen molar-refractivity contribution in [2.75, 3.05) is 30.4 Å². The molecule has 3 N–H and O–H groups in total. The van der Waals surface area contributed by atoms with Crippen molar-refractivity contribution in [3.05, 3.63) is 65.6 Å². The second-order valence-corrected chi connectivity index (χ2v) is 7.55. The molecule has 8 nitrogen and oxygen atoms in total. The van der Waals surface area contributed by atoms with Crippen molar-refractivity contribution in [2.45, 2.75) is 18.4 Å². The van der Waals surface area contributed by atoms with Gasteiger partial charge in [0.25, 0.3) is 0 Å². The highest BCUT2D eigenvalue weighted by Crippen LogP contribution is 2.29. The Bertz CT molecular complexity index is 962. The predicted molar refractivity (Wildman–Crippen MR) is 116 cm³/mol. The van der Waals surface area contributed by atoms with Gasteiger partial charge in [0.15, 0.2) is 0 Å². The van der Waals surface area contributed by atoms with Crippen LogP contribution >= 0.6 is 11.6 Å². The molecule has 30 heavy (non-hydrogen) atoms. The molecule has 0 unspecified atom stereocenters. The van der Waals surface area contributed by atoms with Crippen molar-refractivity contribution in [1.29, 1.82) is 0 Å². The van der Waals surface area contributed by atoms with Gasteiger partial charge in [0, 0.05) is 47.5 Å². The largest absolute Gasteiger partial charge is 0.495 e. The molecule has 0 bridgehead atoms. The van der Waals surface area contributed by atoms with Crippen LogP contribution < -0.4 is 20.3 Å². The van der Waals surface area contributed by atoms with Crippen LogP contribution in [0.2, 0.25) is 5.02 Å². The Balaban J connectivity index is 1.50. The van der Waals surface area contributed by atoms with Crippen LogP contribution in [0.15, 0.2) is 54.9 Å². The number of nitrogens with zero attached hydrogens (tertiary/aromatic N) is 3. The number of benzene rings is 1. The Kier molecular flexibility index (Phi) is 6.04. The number of ether oxygens (including phenoxy) is 1. The van der Waals surface area contributed by atoms with E-state index in [2.05, 4.69) is 30.7 Å². The van der Waals surface area contributed by atoms with Crippen LogP contribution in [-0.4, -0.2) is 47.5 Å². The number of carbonyl (C=O) groups is 1. The zero-order valence-electron chi connectivity index (χ0n) is 16.5. The average Bonchev–Trinajstić information content (AvgIpc) is 3.31. The lowest BCUT2D eigenvalue weighted by Gasteiger charge is -2.39. The van der Waals surface area contributed by atoms with Gasteiger partial charge in [-0.05, 0) is 42.8 Å². The predicted octanol–water partition coefficient (Wildman–Crippen LogP) is 3.65. The highest BCUT2D eigenvalue weighted by Gasteiger charge is 2.33. The molecule has 1 saturated heterocycles. The van der Waals surface area contributed by atoms with E-state index in [-0.39, 0.29) is 18.0 Å². The van der Waals surface area contributed by atoms with Crippen LogP contribution in [0.5, 0.6) is 5.75 Å². The minimum Gasteiger partial charge on any atom is -0.495 e. The van der Waals surface area contributed by atoms with Crippen LogP contribution in [0.3, 0.4) is 0 Å². The number of aromatic nitrogens is 3. The molecule has 156 valence electrons. The molecule has 9 heteroatoms. The summed E-state index contributed by atoms with van der Waals surface area (Å²) in [5.41, 5.74) is 1.59. The molecule has 0 saturated carbocycles. The number of urea groups is 1. The second kappa shape index (κ2) is 9.04. The Hall–Kier alpha value is -3.26. The lowest BCUT2D eigenvalue weighted by atomic mass is 9.89. The Labute approximate surface area is 179 Å². The van der Waals surface area contributed by atoms with Gasteiger partial charge in [0.2, 0.25) is 0 Å².